The molecule has 190 valence electrons. The number of azo groups is 1. The van der Waals surface area contributed by atoms with Gasteiger partial charge in [-0.25, -0.2) is 4.39 Å². The first-order chi connectivity index (χ1) is 17.9. The molecule has 0 spiro atoms. The molecule has 8 nitrogen and oxygen atoms in total. The molecular weight excluding hydrogens is 473 g/mol. The van der Waals surface area contributed by atoms with E-state index in [1.807, 2.05) is 31.2 Å². The zero-order valence-electron chi connectivity index (χ0n) is 20.9. The highest BCUT2D eigenvalue weighted by atomic mass is 19.1. The third kappa shape index (κ3) is 5.83. The lowest BCUT2D eigenvalue weighted by Gasteiger charge is -2.21. The van der Waals surface area contributed by atoms with Gasteiger partial charge in [-0.1, -0.05) is 12.1 Å². The van der Waals surface area contributed by atoms with E-state index in [4.69, 9.17) is 4.74 Å². The Morgan fingerprint density at radius 3 is 2.38 bits per heavy atom. The maximum Gasteiger partial charge on any atom is 0.269 e. The van der Waals surface area contributed by atoms with Crippen LogP contribution in [-0.4, -0.2) is 24.6 Å². The number of hydrogen-bond acceptors (Lipinski definition) is 7. The molecule has 9 heteroatoms. The maximum atomic E-state index is 14.8. The average Bonchev–Trinajstić information content (AvgIpc) is 2.90. The van der Waals surface area contributed by atoms with E-state index in [0.717, 1.165) is 29.5 Å². The predicted octanol–water partition coefficient (Wildman–Crippen LogP) is 8.37. The number of nitrogens with zero attached hydrogens (tertiary/aromatic N) is 4. The molecule has 0 radical (unpaired) electrons. The third-order valence-electron chi connectivity index (χ3n) is 5.92. The van der Waals surface area contributed by atoms with Crippen molar-refractivity contribution in [2.75, 3.05) is 29.9 Å². The molecule has 0 amide bonds. The topological polar surface area (TPSA) is 92.4 Å². The zero-order chi connectivity index (χ0) is 26.4. The number of nitrogens with one attached hydrogen (secondary N) is 1. The van der Waals surface area contributed by atoms with Crippen LogP contribution in [0, 0.1) is 15.9 Å². The summed E-state index contributed by atoms with van der Waals surface area (Å²) in [6.07, 6.45) is 0. The number of hydrogen-bond donors (Lipinski definition) is 1. The number of fused-ring (bicyclic) bond motifs is 1. The molecule has 0 aliphatic carbocycles. The van der Waals surface area contributed by atoms with Gasteiger partial charge in [-0.2, -0.15) is 5.11 Å². The van der Waals surface area contributed by atoms with Gasteiger partial charge in [0.15, 0.2) is 5.75 Å². The summed E-state index contributed by atoms with van der Waals surface area (Å²) < 4.78 is 21.1. The molecule has 0 saturated carbocycles. The summed E-state index contributed by atoms with van der Waals surface area (Å²) >= 11 is 0. The van der Waals surface area contributed by atoms with Crippen molar-refractivity contribution >= 4 is 39.2 Å². The van der Waals surface area contributed by atoms with Gasteiger partial charge in [0, 0.05) is 55.0 Å². The van der Waals surface area contributed by atoms with Crippen molar-refractivity contribution < 1.29 is 14.1 Å². The van der Waals surface area contributed by atoms with Crippen molar-refractivity contribution in [1.82, 2.24) is 0 Å². The lowest BCUT2D eigenvalue weighted by atomic mass is 10.1. The summed E-state index contributed by atoms with van der Waals surface area (Å²) in [4.78, 5) is 12.7. The van der Waals surface area contributed by atoms with E-state index >= 15 is 0 Å². The van der Waals surface area contributed by atoms with Crippen LogP contribution in [0.3, 0.4) is 0 Å². The van der Waals surface area contributed by atoms with Crippen molar-refractivity contribution in [2.45, 2.75) is 20.8 Å². The first-order valence-corrected chi connectivity index (χ1v) is 12.1. The van der Waals surface area contributed by atoms with E-state index in [1.165, 1.54) is 30.3 Å². The fourth-order valence-corrected chi connectivity index (χ4v) is 4.02. The minimum atomic E-state index is -0.492. The van der Waals surface area contributed by atoms with Crippen molar-refractivity contribution in [3.05, 3.63) is 88.7 Å². The fraction of sp³-hybridized carbons (Fsp3) is 0.214. The average molecular weight is 502 g/mol. The van der Waals surface area contributed by atoms with Crippen molar-refractivity contribution in [3.8, 4) is 11.5 Å². The van der Waals surface area contributed by atoms with Gasteiger partial charge in [0.25, 0.3) is 5.69 Å². The van der Waals surface area contributed by atoms with Crippen LogP contribution in [0.2, 0.25) is 0 Å². The number of halogens is 1. The molecule has 0 saturated heterocycles. The normalized spacial score (nSPS) is 11.1. The quantitative estimate of drug-likeness (QED) is 0.134. The summed E-state index contributed by atoms with van der Waals surface area (Å²) in [6, 6.07) is 20.4. The van der Waals surface area contributed by atoms with E-state index in [1.54, 1.807) is 6.07 Å². The van der Waals surface area contributed by atoms with Crippen molar-refractivity contribution in [2.24, 2.45) is 10.2 Å². The van der Waals surface area contributed by atoms with Crippen LogP contribution in [0.25, 0.3) is 10.8 Å². The fourth-order valence-electron chi connectivity index (χ4n) is 4.02. The summed E-state index contributed by atoms with van der Waals surface area (Å²) in [5, 5.41) is 24.2. The lowest BCUT2D eigenvalue weighted by molar-refractivity contribution is -0.384. The number of benzene rings is 4. The van der Waals surface area contributed by atoms with Gasteiger partial charge >= 0.3 is 0 Å². The highest BCUT2D eigenvalue weighted by Crippen LogP contribution is 2.40. The molecule has 1 N–H and O–H groups in total. The molecule has 0 atom stereocenters. The number of anilines is 2. The molecule has 4 aromatic rings. The van der Waals surface area contributed by atoms with Gasteiger partial charge < -0.3 is 15.0 Å². The molecular formula is C28H28FN5O3. The highest BCUT2D eigenvalue weighted by molar-refractivity contribution is 5.91. The van der Waals surface area contributed by atoms with Crippen LogP contribution in [0.15, 0.2) is 83.0 Å². The van der Waals surface area contributed by atoms with Crippen LogP contribution in [0.1, 0.15) is 20.8 Å². The Morgan fingerprint density at radius 2 is 1.70 bits per heavy atom. The second-order valence-electron chi connectivity index (χ2n) is 8.24. The molecule has 0 unspecified atom stereocenters. The number of nitro benzene ring substituents is 1. The second kappa shape index (κ2) is 11.5. The molecule has 0 aliphatic rings. The van der Waals surface area contributed by atoms with Crippen LogP contribution in [0.5, 0.6) is 11.5 Å². The molecule has 4 rings (SSSR count). The Balaban J connectivity index is 1.72. The van der Waals surface area contributed by atoms with Gasteiger partial charge in [-0.15, -0.1) is 5.11 Å². The molecule has 0 heterocycles. The molecule has 37 heavy (non-hydrogen) atoms. The second-order valence-corrected chi connectivity index (χ2v) is 8.24. The van der Waals surface area contributed by atoms with Gasteiger partial charge in [0.2, 0.25) is 0 Å². The Bertz CT molecular complexity index is 1440. The van der Waals surface area contributed by atoms with Crippen molar-refractivity contribution in [3.63, 3.8) is 0 Å². The number of ether oxygens (including phenoxy) is 1. The van der Waals surface area contributed by atoms with Gasteiger partial charge in [-0.3, -0.25) is 10.1 Å². The Hall–Kier alpha value is -4.53. The highest BCUT2D eigenvalue weighted by Gasteiger charge is 2.14. The van der Waals surface area contributed by atoms with Crippen LogP contribution < -0.4 is 15.0 Å². The Labute approximate surface area is 214 Å². The van der Waals surface area contributed by atoms with E-state index in [0.29, 0.717) is 23.7 Å². The number of nitro groups is 1. The van der Waals surface area contributed by atoms with E-state index in [2.05, 4.69) is 46.4 Å². The third-order valence-corrected chi connectivity index (χ3v) is 5.92. The van der Waals surface area contributed by atoms with Crippen LogP contribution in [0.4, 0.5) is 32.8 Å². The van der Waals surface area contributed by atoms with Gasteiger partial charge in [0.05, 0.1) is 16.3 Å². The summed E-state index contributed by atoms with van der Waals surface area (Å²) in [5.74, 6) is 0.432. The van der Waals surface area contributed by atoms with Crippen LogP contribution >= 0.6 is 0 Å². The Kier molecular flexibility index (Phi) is 7.92. The van der Waals surface area contributed by atoms with Crippen molar-refractivity contribution in [1.29, 1.82) is 0 Å². The van der Waals surface area contributed by atoms with E-state index in [-0.39, 0.29) is 17.1 Å². The molecule has 0 aromatic heterocycles. The summed E-state index contributed by atoms with van der Waals surface area (Å²) in [7, 11) is 0. The lowest BCUT2D eigenvalue weighted by Crippen LogP contribution is -2.21. The first kappa shape index (κ1) is 25.6. The molecule has 0 aliphatic heterocycles. The predicted molar refractivity (Wildman–Crippen MR) is 145 cm³/mol. The minimum absolute atomic E-state index is 0.0517. The zero-order valence-corrected chi connectivity index (χ0v) is 20.9. The summed E-state index contributed by atoms with van der Waals surface area (Å²) in [5.41, 5.74) is 1.94. The van der Waals surface area contributed by atoms with E-state index < -0.39 is 10.7 Å². The molecule has 0 fully saturated rings. The molecule has 0 bridgehead atoms. The maximum absolute atomic E-state index is 14.8. The minimum Gasteiger partial charge on any atom is -0.454 e. The number of non-ortho nitro benzene ring substituents is 1. The molecule has 4 aromatic carbocycles. The largest absolute Gasteiger partial charge is 0.454 e. The number of rotatable bonds is 10. The SMILES string of the molecule is CCNc1cc(Oc2cccc3cc(N(CC)CC)ccc23)c(/N=N/c2ccc([N+](=O)[O-])cc2)cc1F. The first-order valence-electron chi connectivity index (χ1n) is 12.1. The summed E-state index contributed by atoms with van der Waals surface area (Å²) in [6.45, 7) is 8.46. The van der Waals surface area contributed by atoms with Gasteiger partial charge in [-0.05, 0) is 62.6 Å². The van der Waals surface area contributed by atoms with E-state index in [9.17, 15) is 14.5 Å². The van der Waals surface area contributed by atoms with Crippen LogP contribution in [-0.2, 0) is 0 Å². The van der Waals surface area contributed by atoms with Gasteiger partial charge in [0.1, 0.15) is 17.3 Å². The smallest absolute Gasteiger partial charge is 0.269 e. The standard InChI is InChI=1S/C28H28FN5O3/c1-4-30-25-18-28(26(17-24(25)29)32-31-20-10-12-21(13-11-20)34(35)36)37-27-9-7-8-19-16-22(14-15-23(19)27)33(5-2)6-3/h7-18,30H,4-6H2,1-3H3/b32-31+. The monoisotopic (exact) mass is 501 g/mol. The Morgan fingerprint density at radius 1 is 0.946 bits per heavy atom.